The molecule has 0 fully saturated rings. The number of hydrogen-bond acceptors (Lipinski definition) is 4. The number of nitrogen functional groups attached to an aromatic ring is 1. The summed E-state index contributed by atoms with van der Waals surface area (Å²) in [5.74, 6) is 0. The first-order valence-corrected chi connectivity index (χ1v) is 5.76. The summed E-state index contributed by atoms with van der Waals surface area (Å²) in [5.41, 5.74) is 7.19. The van der Waals surface area contributed by atoms with E-state index >= 15 is 0 Å². The van der Waals surface area contributed by atoms with Crippen LogP contribution >= 0.6 is 11.6 Å². The fourth-order valence-corrected chi connectivity index (χ4v) is 1.75. The maximum atomic E-state index is 6.04. The van der Waals surface area contributed by atoms with Crippen LogP contribution in [-0.4, -0.2) is 21.5 Å². The molecular weight excluding hydrogens is 238 g/mol. The van der Waals surface area contributed by atoms with Gasteiger partial charge in [-0.15, -0.1) is 5.10 Å². The minimum atomic E-state index is 0.644. The molecule has 0 aliphatic carbocycles. The van der Waals surface area contributed by atoms with Gasteiger partial charge in [-0.25, -0.2) is 0 Å². The quantitative estimate of drug-likeness (QED) is 0.630. The Morgan fingerprint density at radius 2 is 2.29 bits per heavy atom. The summed E-state index contributed by atoms with van der Waals surface area (Å²) in [5, 5.41) is 11.5. The van der Waals surface area contributed by atoms with Crippen molar-refractivity contribution in [2.75, 3.05) is 17.6 Å². The first-order chi connectivity index (χ1) is 8.25. The fourth-order valence-electron chi connectivity index (χ4n) is 1.49. The Balaban J connectivity index is 1.78. The molecule has 0 saturated carbocycles. The van der Waals surface area contributed by atoms with Crippen molar-refractivity contribution < 1.29 is 0 Å². The van der Waals surface area contributed by atoms with E-state index in [4.69, 9.17) is 17.3 Å². The summed E-state index contributed by atoms with van der Waals surface area (Å²) in [6.07, 6.45) is 4.46. The van der Waals surface area contributed by atoms with Crippen molar-refractivity contribution in [2.24, 2.45) is 0 Å². The molecule has 0 unspecified atom stereocenters. The molecule has 0 amide bonds. The van der Waals surface area contributed by atoms with Crippen molar-refractivity contribution in [3.63, 3.8) is 0 Å². The van der Waals surface area contributed by atoms with Gasteiger partial charge in [0.25, 0.3) is 0 Å². The van der Waals surface area contributed by atoms with Crippen LogP contribution in [0.15, 0.2) is 30.6 Å². The molecule has 0 saturated heterocycles. The van der Waals surface area contributed by atoms with Gasteiger partial charge in [0.1, 0.15) is 0 Å². The molecule has 90 valence electrons. The van der Waals surface area contributed by atoms with E-state index in [1.54, 1.807) is 16.9 Å². The largest absolute Gasteiger partial charge is 0.399 e. The van der Waals surface area contributed by atoms with Gasteiger partial charge in [0.2, 0.25) is 0 Å². The lowest BCUT2D eigenvalue weighted by atomic mass is 10.3. The first-order valence-electron chi connectivity index (χ1n) is 5.39. The maximum Gasteiger partial charge on any atom is 0.0692 e. The Labute approximate surface area is 105 Å². The van der Waals surface area contributed by atoms with Gasteiger partial charge in [-0.3, -0.25) is 4.68 Å². The summed E-state index contributed by atoms with van der Waals surface area (Å²) in [4.78, 5) is 0. The molecule has 1 heterocycles. The van der Waals surface area contributed by atoms with Crippen molar-refractivity contribution in [1.29, 1.82) is 0 Å². The van der Waals surface area contributed by atoms with Crippen LogP contribution < -0.4 is 11.1 Å². The highest BCUT2D eigenvalue weighted by Crippen LogP contribution is 2.23. The normalized spacial score (nSPS) is 10.4. The minimum Gasteiger partial charge on any atom is -0.399 e. The topological polar surface area (TPSA) is 68.8 Å². The third-order valence-electron chi connectivity index (χ3n) is 2.34. The number of nitrogens with two attached hydrogens (primary N) is 1. The second kappa shape index (κ2) is 5.54. The number of aryl methyl sites for hydroxylation is 1. The highest BCUT2D eigenvalue weighted by atomic mass is 35.5. The molecule has 6 heteroatoms. The Morgan fingerprint density at radius 1 is 1.41 bits per heavy atom. The van der Waals surface area contributed by atoms with Crippen LogP contribution in [0.25, 0.3) is 0 Å². The zero-order chi connectivity index (χ0) is 12.1. The number of halogens is 1. The number of nitrogens with zero attached hydrogens (tertiary/aromatic N) is 3. The summed E-state index contributed by atoms with van der Waals surface area (Å²) in [6.45, 7) is 1.66. The van der Waals surface area contributed by atoms with Gasteiger partial charge < -0.3 is 11.1 Å². The van der Waals surface area contributed by atoms with Crippen molar-refractivity contribution in [2.45, 2.75) is 13.0 Å². The van der Waals surface area contributed by atoms with Gasteiger partial charge in [0, 0.05) is 25.0 Å². The van der Waals surface area contributed by atoms with E-state index in [-0.39, 0.29) is 0 Å². The predicted octanol–water partition coefficient (Wildman–Crippen LogP) is 2.02. The molecule has 0 atom stereocenters. The molecule has 2 aromatic rings. The highest BCUT2D eigenvalue weighted by molar-refractivity contribution is 6.33. The molecule has 1 aromatic carbocycles. The number of anilines is 2. The Hall–Kier alpha value is -1.75. The standard InChI is InChI=1S/C11H14ClN5/c12-10-8-9(13)2-3-11(10)14-4-1-6-17-7-5-15-16-17/h2-3,5,7-8,14H,1,4,6,13H2. The second-order valence-corrected chi connectivity index (χ2v) is 4.09. The van der Waals surface area contributed by atoms with Gasteiger partial charge in [0.05, 0.1) is 16.9 Å². The smallest absolute Gasteiger partial charge is 0.0692 e. The van der Waals surface area contributed by atoms with Crippen LogP contribution in [0.4, 0.5) is 11.4 Å². The number of hydrogen-bond donors (Lipinski definition) is 2. The minimum absolute atomic E-state index is 0.644. The Bertz CT molecular complexity index is 469. The van der Waals surface area contributed by atoms with Crippen LogP contribution in [0.2, 0.25) is 5.02 Å². The summed E-state index contributed by atoms with van der Waals surface area (Å²) < 4.78 is 1.80. The molecule has 0 aliphatic rings. The zero-order valence-corrected chi connectivity index (χ0v) is 10.1. The average Bonchev–Trinajstić information content (AvgIpc) is 2.79. The fraction of sp³-hybridized carbons (Fsp3) is 0.273. The average molecular weight is 252 g/mol. The molecule has 17 heavy (non-hydrogen) atoms. The van der Waals surface area contributed by atoms with Gasteiger partial charge in [-0.05, 0) is 24.6 Å². The third kappa shape index (κ3) is 3.35. The Morgan fingerprint density at radius 3 is 3.00 bits per heavy atom. The Kier molecular flexibility index (Phi) is 3.82. The number of aromatic nitrogens is 3. The lowest BCUT2D eigenvalue weighted by Gasteiger charge is -2.08. The van der Waals surface area contributed by atoms with E-state index < -0.39 is 0 Å². The van der Waals surface area contributed by atoms with E-state index in [1.165, 1.54) is 0 Å². The molecule has 0 radical (unpaired) electrons. The molecule has 1 aromatic heterocycles. The molecule has 0 bridgehead atoms. The molecular formula is C11H14ClN5. The number of nitrogens with one attached hydrogen (secondary N) is 1. The van der Waals surface area contributed by atoms with Crippen molar-refractivity contribution >= 4 is 23.0 Å². The first kappa shape index (κ1) is 11.7. The van der Waals surface area contributed by atoms with Gasteiger partial charge in [-0.2, -0.15) is 0 Å². The lowest BCUT2D eigenvalue weighted by Crippen LogP contribution is -2.07. The van der Waals surface area contributed by atoms with Gasteiger partial charge >= 0.3 is 0 Å². The third-order valence-corrected chi connectivity index (χ3v) is 2.66. The zero-order valence-electron chi connectivity index (χ0n) is 9.31. The van der Waals surface area contributed by atoms with E-state index in [1.807, 2.05) is 18.3 Å². The SMILES string of the molecule is Nc1ccc(NCCCn2ccnn2)c(Cl)c1. The van der Waals surface area contributed by atoms with Gasteiger partial charge in [0.15, 0.2) is 0 Å². The molecule has 2 rings (SSSR count). The van der Waals surface area contributed by atoms with Crippen molar-refractivity contribution in [3.05, 3.63) is 35.6 Å². The number of rotatable bonds is 5. The van der Waals surface area contributed by atoms with E-state index in [0.717, 1.165) is 25.2 Å². The summed E-state index contributed by atoms with van der Waals surface area (Å²) in [7, 11) is 0. The molecule has 5 nitrogen and oxygen atoms in total. The molecule has 0 aliphatic heterocycles. The van der Waals surface area contributed by atoms with E-state index in [0.29, 0.717) is 10.7 Å². The second-order valence-electron chi connectivity index (χ2n) is 3.69. The highest BCUT2D eigenvalue weighted by Gasteiger charge is 1.99. The monoisotopic (exact) mass is 251 g/mol. The van der Waals surface area contributed by atoms with Crippen LogP contribution in [0, 0.1) is 0 Å². The van der Waals surface area contributed by atoms with Gasteiger partial charge in [-0.1, -0.05) is 16.8 Å². The molecule has 0 spiro atoms. The van der Waals surface area contributed by atoms with Crippen LogP contribution in [0.5, 0.6) is 0 Å². The van der Waals surface area contributed by atoms with Crippen LogP contribution in [-0.2, 0) is 6.54 Å². The maximum absolute atomic E-state index is 6.04. The lowest BCUT2D eigenvalue weighted by molar-refractivity contribution is 0.570. The summed E-state index contributed by atoms with van der Waals surface area (Å²) >= 11 is 6.04. The van der Waals surface area contributed by atoms with Crippen molar-refractivity contribution in [1.82, 2.24) is 15.0 Å². The van der Waals surface area contributed by atoms with Crippen LogP contribution in [0.1, 0.15) is 6.42 Å². The van der Waals surface area contributed by atoms with Crippen LogP contribution in [0.3, 0.4) is 0 Å². The van der Waals surface area contributed by atoms with E-state index in [2.05, 4.69) is 15.6 Å². The molecule has 3 N–H and O–H groups in total. The summed E-state index contributed by atoms with van der Waals surface area (Å²) in [6, 6.07) is 5.44. The number of benzene rings is 1. The predicted molar refractivity (Wildman–Crippen MR) is 69.0 cm³/mol. The van der Waals surface area contributed by atoms with E-state index in [9.17, 15) is 0 Å². The van der Waals surface area contributed by atoms with Crippen molar-refractivity contribution in [3.8, 4) is 0 Å².